The monoisotopic (exact) mass is 461 g/mol. The van der Waals surface area contributed by atoms with Gasteiger partial charge in [0.2, 0.25) is 0 Å². The van der Waals surface area contributed by atoms with Crippen molar-refractivity contribution < 1.29 is 14.7 Å². The van der Waals surface area contributed by atoms with E-state index in [1.807, 2.05) is 22.6 Å². The minimum Gasteiger partial charge on any atom is -0.507 e. The van der Waals surface area contributed by atoms with Gasteiger partial charge in [-0.3, -0.25) is 9.59 Å². The summed E-state index contributed by atoms with van der Waals surface area (Å²) in [7, 11) is 0. The summed E-state index contributed by atoms with van der Waals surface area (Å²) >= 11 is 0. The fraction of sp³-hybridized carbons (Fsp3) is 0.462. The van der Waals surface area contributed by atoms with Crippen LogP contribution in [0.25, 0.3) is 11.0 Å². The molecule has 3 aromatic rings. The number of aromatic nitrogens is 3. The van der Waals surface area contributed by atoms with E-state index in [0.717, 1.165) is 35.3 Å². The van der Waals surface area contributed by atoms with Crippen molar-refractivity contribution in [3.63, 3.8) is 0 Å². The number of benzene rings is 1. The molecule has 0 unspecified atom stereocenters. The number of hydrogen-bond donors (Lipinski definition) is 1. The van der Waals surface area contributed by atoms with Crippen LogP contribution in [0.15, 0.2) is 30.3 Å². The Bertz CT molecular complexity index is 1280. The summed E-state index contributed by atoms with van der Waals surface area (Å²) in [6.07, 6.45) is 2.20. The lowest BCUT2D eigenvalue weighted by Crippen LogP contribution is -2.50. The average molecular weight is 462 g/mol. The molecule has 1 aromatic carbocycles. The predicted molar refractivity (Wildman–Crippen MR) is 129 cm³/mol. The fourth-order valence-electron chi connectivity index (χ4n) is 4.64. The predicted octanol–water partition coefficient (Wildman–Crippen LogP) is 3.68. The summed E-state index contributed by atoms with van der Waals surface area (Å²) in [4.78, 5) is 35.0. The van der Waals surface area contributed by atoms with E-state index in [1.54, 1.807) is 23.1 Å². The molecular formula is C26H31N5O3. The van der Waals surface area contributed by atoms with E-state index in [4.69, 9.17) is 10.1 Å². The number of rotatable bonds is 3. The van der Waals surface area contributed by atoms with Gasteiger partial charge in [0.15, 0.2) is 5.65 Å². The molecule has 5 rings (SSSR count). The van der Waals surface area contributed by atoms with E-state index in [-0.39, 0.29) is 28.7 Å². The second-order valence-corrected chi connectivity index (χ2v) is 10.3. The number of nitrogens with zero attached hydrogens (tertiary/aromatic N) is 5. The van der Waals surface area contributed by atoms with Gasteiger partial charge >= 0.3 is 0 Å². The number of aromatic hydroxyl groups is 1. The molecule has 0 radical (unpaired) electrons. The molecule has 34 heavy (non-hydrogen) atoms. The van der Waals surface area contributed by atoms with Gasteiger partial charge in [-0.15, -0.1) is 0 Å². The van der Waals surface area contributed by atoms with Gasteiger partial charge in [-0.1, -0.05) is 12.1 Å². The zero-order valence-corrected chi connectivity index (χ0v) is 20.2. The van der Waals surface area contributed by atoms with Crippen LogP contribution in [-0.4, -0.2) is 67.7 Å². The highest BCUT2D eigenvalue weighted by molar-refractivity contribution is 6.07. The summed E-state index contributed by atoms with van der Waals surface area (Å²) in [5, 5.41) is 15.6. The van der Waals surface area contributed by atoms with Gasteiger partial charge in [0.25, 0.3) is 11.8 Å². The first kappa shape index (κ1) is 22.4. The third kappa shape index (κ3) is 3.91. The Labute approximate surface area is 199 Å². The van der Waals surface area contributed by atoms with E-state index >= 15 is 0 Å². The van der Waals surface area contributed by atoms with Crippen molar-refractivity contribution >= 4 is 22.8 Å². The highest BCUT2D eigenvalue weighted by atomic mass is 16.3. The number of phenolic OH excluding ortho intramolecular Hbond substituents is 1. The molecule has 1 saturated carbocycles. The zero-order chi connectivity index (χ0) is 24.2. The van der Waals surface area contributed by atoms with Crippen LogP contribution in [0.3, 0.4) is 0 Å². The molecule has 178 valence electrons. The highest BCUT2D eigenvalue weighted by Crippen LogP contribution is 2.41. The Morgan fingerprint density at radius 1 is 0.971 bits per heavy atom. The molecule has 1 aliphatic carbocycles. The van der Waals surface area contributed by atoms with Gasteiger partial charge in [-0.05, 0) is 58.7 Å². The lowest BCUT2D eigenvalue weighted by Gasteiger charge is -2.35. The van der Waals surface area contributed by atoms with Crippen LogP contribution in [0.4, 0.5) is 0 Å². The van der Waals surface area contributed by atoms with Crippen molar-refractivity contribution in [2.24, 2.45) is 0 Å². The van der Waals surface area contributed by atoms with Crippen LogP contribution >= 0.6 is 0 Å². The number of aryl methyl sites for hydroxylation is 1. The van der Waals surface area contributed by atoms with Gasteiger partial charge in [-0.25, -0.2) is 9.67 Å². The lowest BCUT2D eigenvalue weighted by atomic mass is 10.0. The molecule has 0 spiro atoms. The van der Waals surface area contributed by atoms with E-state index in [1.165, 1.54) is 6.07 Å². The van der Waals surface area contributed by atoms with Crippen molar-refractivity contribution in [2.75, 3.05) is 26.2 Å². The van der Waals surface area contributed by atoms with Crippen molar-refractivity contribution in [1.29, 1.82) is 0 Å². The first-order valence-electron chi connectivity index (χ1n) is 11.9. The molecule has 2 aromatic heterocycles. The fourth-order valence-corrected chi connectivity index (χ4v) is 4.64. The van der Waals surface area contributed by atoms with Crippen LogP contribution in [0, 0.1) is 6.92 Å². The summed E-state index contributed by atoms with van der Waals surface area (Å²) in [6, 6.07) is 8.53. The van der Waals surface area contributed by atoms with Crippen LogP contribution in [0.2, 0.25) is 0 Å². The largest absolute Gasteiger partial charge is 0.507 e. The van der Waals surface area contributed by atoms with Crippen LogP contribution in [-0.2, 0) is 5.54 Å². The third-order valence-corrected chi connectivity index (χ3v) is 6.68. The lowest BCUT2D eigenvalue weighted by molar-refractivity contribution is 0.0534. The van der Waals surface area contributed by atoms with Crippen LogP contribution in [0.5, 0.6) is 5.75 Å². The van der Waals surface area contributed by atoms with Crippen LogP contribution < -0.4 is 0 Å². The SMILES string of the molecule is Cc1nn(C(C)(C)C)c2nc(C3CC3)cc(C(=O)N3CCN(C(=O)c4ccccc4O)CC3)c12. The zero-order valence-electron chi connectivity index (χ0n) is 20.2. The molecule has 1 N–H and O–H groups in total. The first-order valence-corrected chi connectivity index (χ1v) is 11.9. The first-order chi connectivity index (χ1) is 16.1. The Kier molecular flexibility index (Phi) is 5.34. The molecule has 8 heteroatoms. The molecular weight excluding hydrogens is 430 g/mol. The van der Waals surface area contributed by atoms with Gasteiger partial charge < -0.3 is 14.9 Å². The molecule has 1 saturated heterocycles. The minimum atomic E-state index is -0.253. The summed E-state index contributed by atoms with van der Waals surface area (Å²) in [5.74, 6) is 0.132. The number of fused-ring (bicyclic) bond motifs is 1. The molecule has 0 atom stereocenters. The maximum atomic E-state index is 13.7. The van der Waals surface area contributed by atoms with Gasteiger partial charge in [0, 0.05) is 37.8 Å². The number of pyridine rings is 1. The Hall–Kier alpha value is -3.42. The van der Waals surface area contributed by atoms with Crippen molar-refractivity contribution in [3.8, 4) is 5.75 Å². The smallest absolute Gasteiger partial charge is 0.257 e. The van der Waals surface area contributed by atoms with Crippen molar-refractivity contribution in [2.45, 2.75) is 52.0 Å². The average Bonchev–Trinajstić information content (AvgIpc) is 3.61. The number of hydrogen-bond acceptors (Lipinski definition) is 5. The molecule has 3 heterocycles. The Morgan fingerprint density at radius 3 is 2.12 bits per heavy atom. The van der Waals surface area contributed by atoms with E-state index in [0.29, 0.717) is 37.7 Å². The number of para-hydroxylation sites is 1. The van der Waals surface area contributed by atoms with E-state index < -0.39 is 0 Å². The molecule has 0 bridgehead atoms. The number of amides is 2. The molecule has 2 amide bonds. The Balaban J connectivity index is 1.43. The molecule has 2 fully saturated rings. The summed E-state index contributed by atoms with van der Waals surface area (Å²) in [6.45, 7) is 9.92. The number of phenols is 1. The number of piperazine rings is 1. The van der Waals surface area contributed by atoms with Gasteiger partial charge in [-0.2, -0.15) is 5.10 Å². The van der Waals surface area contributed by atoms with E-state index in [9.17, 15) is 14.7 Å². The minimum absolute atomic E-state index is 0.0240. The van der Waals surface area contributed by atoms with Gasteiger partial charge in [0.05, 0.1) is 27.7 Å². The highest BCUT2D eigenvalue weighted by Gasteiger charge is 2.33. The topological polar surface area (TPSA) is 91.6 Å². The number of carbonyl (C=O) groups is 2. The van der Waals surface area contributed by atoms with Crippen LogP contribution in [0.1, 0.15) is 71.6 Å². The normalized spacial score (nSPS) is 16.8. The second kappa shape index (κ2) is 8.11. The standard InChI is InChI=1S/C26H31N5O3/c1-16-22-19(15-20(17-9-10-17)27-23(22)31(28-16)26(2,3)4)25(34)30-13-11-29(12-14-30)24(33)18-7-5-6-8-21(18)32/h5-8,15,17,32H,9-14H2,1-4H3. The Morgan fingerprint density at radius 2 is 1.56 bits per heavy atom. The third-order valence-electron chi connectivity index (χ3n) is 6.68. The van der Waals surface area contributed by atoms with Crippen molar-refractivity contribution in [1.82, 2.24) is 24.6 Å². The molecule has 8 nitrogen and oxygen atoms in total. The van der Waals surface area contributed by atoms with E-state index in [2.05, 4.69) is 20.8 Å². The maximum absolute atomic E-state index is 13.7. The summed E-state index contributed by atoms with van der Waals surface area (Å²) < 4.78 is 1.93. The second-order valence-electron chi connectivity index (χ2n) is 10.3. The molecule has 2 aliphatic rings. The van der Waals surface area contributed by atoms with Crippen molar-refractivity contribution in [3.05, 3.63) is 52.8 Å². The van der Waals surface area contributed by atoms with Gasteiger partial charge in [0.1, 0.15) is 5.75 Å². The number of carbonyl (C=O) groups excluding carboxylic acids is 2. The summed E-state index contributed by atoms with van der Waals surface area (Å²) in [5.41, 5.74) is 3.23. The molecule has 1 aliphatic heterocycles. The maximum Gasteiger partial charge on any atom is 0.257 e. The quantitative estimate of drug-likeness (QED) is 0.643.